The number of carboxylic acid groups (broad SMARTS) is 1. The maximum absolute atomic E-state index is 12.3. The van der Waals surface area contributed by atoms with Crippen molar-refractivity contribution in [1.82, 2.24) is 4.90 Å². The monoisotopic (exact) mass is 287 g/mol. The molecule has 0 saturated heterocycles. The minimum absolute atomic E-state index is 0.0683. The number of aryl methyl sites for hydroxylation is 1. The first kappa shape index (κ1) is 14.9. The van der Waals surface area contributed by atoms with E-state index in [1.165, 1.54) is 0 Å². The molecule has 6 nitrogen and oxygen atoms in total. The third-order valence-corrected chi connectivity index (χ3v) is 3.42. The molecule has 1 aliphatic carbocycles. The van der Waals surface area contributed by atoms with Crippen LogP contribution in [-0.4, -0.2) is 34.6 Å². The third kappa shape index (κ3) is 3.96. The molecule has 2 rings (SSSR count). The second-order valence-corrected chi connectivity index (χ2v) is 5.14. The van der Waals surface area contributed by atoms with Crippen molar-refractivity contribution in [2.24, 2.45) is 0 Å². The highest BCUT2D eigenvalue weighted by Crippen LogP contribution is 2.28. The summed E-state index contributed by atoms with van der Waals surface area (Å²) >= 11 is 0. The smallest absolute Gasteiger partial charge is 0.322 e. The Balaban J connectivity index is 2.08. The van der Waals surface area contributed by atoms with Crippen LogP contribution in [0, 0.1) is 18.3 Å². The van der Waals surface area contributed by atoms with Crippen molar-refractivity contribution in [2.75, 3.05) is 11.9 Å². The van der Waals surface area contributed by atoms with E-state index in [9.17, 15) is 9.59 Å². The van der Waals surface area contributed by atoms with E-state index in [0.717, 1.165) is 18.4 Å². The molecule has 21 heavy (non-hydrogen) atoms. The van der Waals surface area contributed by atoms with E-state index >= 15 is 0 Å². The Morgan fingerprint density at radius 3 is 2.76 bits per heavy atom. The molecule has 2 amide bonds. The number of carbonyl (C=O) groups excluding carboxylic acids is 1. The molecule has 1 aromatic carbocycles. The first-order chi connectivity index (χ1) is 10.0. The molecule has 110 valence electrons. The lowest BCUT2D eigenvalue weighted by Crippen LogP contribution is -2.38. The number of hydrogen-bond donors (Lipinski definition) is 2. The quantitative estimate of drug-likeness (QED) is 0.869. The average Bonchev–Trinajstić information content (AvgIpc) is 3.26. The Labute approximate surface area is 123 Å². The predicted octanol–water partition coefficient (Wildman–Crippen LogP) is 2.34. The van der Waals surface area contributed by atoms with E-state index in [1.807, 2.05) is 13.0 Å². The predicted molar refractivity (Wildman–Crippen MR) is 76.9 cm³/mol. The molecule has 0 unspecified atom stereocenters. The molecule has 0 atom stereocenters. The lowest BCUT2D eigenvalue weighted by atomic mass is 10.1. The fraction of sp³-hybridized carbons (Fsp3) is 0.400. The molecule has 0 heterocycles. The van der Waals surface area contributed by atoms with Crippen molar-refractivity contribution < 1.29 is 14.7 Å². The summed E-state index contributed by atoms with van der Waals surface area (Å²) in [6, 6.07) is 6.93. The lowest BCUT2D eigenvalue weighted by Gasteiger charge is -2.22. The number of hydrogen-bond acceptors (Lipinski definition) is 3. The van der Waals surface area contributed by atoms with Gasteiger partial charge in [-0.15, -0.1) is 0 Å². The largest absolute Gasteiger partial charge is 0.481 e. The summed E-state index contributed by atoms with van der Waals surface area (Å²) in [6.45, 7) is 2.04. The molecule has 0 bridgehead atoms. The van der Waals surface area contributed by atoms with Crippen LogP contribution in [0.4, 0.5) is 10.5 Å². The Kier molecular flexibility index (Phi) is 4.43. The second kappa shape index (κ2) is 6.27. The van der Waals surface area contributed by atoms with Gasteiger partial charge in [0.05, 0.1) is 18.1 Å². The highest BCUT2D eigenvalue weighted by Gasteiger charge is 2.32. The number of carbonyl (C=O) groups is 2. The molecule has 1 fully saturated rings. The van der Waals surface area contributed by atoms with Crippen molar-refractivity contribution in [3.8, 4) is 6.07 Å². The van der Waals surface area contributed by atoms with Crippen LogP contribution in [0.15, 0.2) is 18.2 Å². The van der Waals surface area contributed by atoms with Crippen molar-refractivity contribution >= 4 is 17.7 Å². The second-order valence-electron chi connectivity index (χ2n) is 5.14. The molecule has 2 N–H and O–H groups in total. The summed E-state index contributed by atoms with van der Waals surface area (Å²) in [5.41, 5.74) is 1.91. The highest BCUT2D eigenvalue weighted by atomic mass is 16.4. The zero-order chi connectivity index (χ0) is 15.4. The van der Waals surface area contributed by atoms with Gasteiger partial charge < -0.3 is 15.3 Å². The number of anilines is 1. The molecule has 1 aliphatic rings. The van der Waals surface area contributed by atoms with Gasteiger partial charge in [-0.2, -0.15) is 5.26 Å². The van der Waals surface area contributed by atoms with Gasteiger partial charge in [0.25, 0.3) is 0 Å². The van der Waals surface area contributed by atoms with Gasteiger partial charge >= 0.3 is 12.0 Å². The van der Waals surface area contributed by atoms with Crippen molar-refractivity contribution in [3.05, 3.63) is 29.3 Å². The van der Waals surface area contributed by atoms with Gasteiger partial charge in [0.1, 0.15) is 0 Å². The minimum atomic E-state index is -0.920. The van der Waals surface area contributed by atoms with E-state index in [2.05, 4.69) is 5.32 Å². The molecule has 1 aromatic rings. The van der Waals surface area contributed by atoms with Crippen LogP contribution in [0.1, 0.15) is 30.4 Å². The number of nitrogens with zero attached hydrogens (tertiary/aromatic N) is 2. The first-order valence-corrected chi connectivity index (χ1v) is 6.81. The standard InChI is InChI=1S/C15H17N3O3/c1-10-2-3-11(9-16)8-13(10)17-15(21)18(12-4-5-12)7-6-14(19)20/h2-3,8,12H,4-7H2,1H3,(H,17,21)(H,19,20). The van der Waals surface area contributed by atoms with Crippen LogP contribution in [0.5, 0.6) is 0 Å². The van der Waals surface area contributed by atoms with Crippen LogP contribution in [0.3, 0.4) is 0 Å². The van der Waals surface area contributed by atoms with E-state index < -0.39 is 5.97 Å². The number of urea groups is 1. The molecule has 0 radical (unpaired) electrons. The van der Waals surface area contributed by atoms with E-state index in [1.54, 1.807) is 23.1 Å². The van der Waals surface area contributed by atoms with Gasteiger partial charge in [-0.05, 0) is 37.5 Å². The van der Waals surface area contributed by atoms with Gasteiger partial charge in [0.2, 0.25) is 0 Å². The average molecular weight is 287 g/mol. The molecule has 0 spiro atoms. The zero-order valence-corrected chi connectivity index (χ0v) is 11.8. The Bertz CT molecular complexity index is 603. The van der Waals surface area contributed by atoms with E-state index in [4.69, 9.17) is 10.4 Å². The number of amides is 2. The maximum Gasteiger partial charge on any atom is 0.322 e. The van der Waals surface area contributed by atoms with Crippen LogP contribution >= 0.6 is 0 Å². The SMILES string of the molecule is Cc1ccc(C#N)cc1NC(=O)N(CCC(=O)O)C1CC1. The van der Waals surface area contributed by atoms with Crippen molar-refractivity contribution in [3.63, 3.8) is 0 Å². The number of nitrogens with one attached hydrogen (secondary N) is 1. The zero-order valence-electron chi connectivity index (χ0n) is 11.8. The summed E-state index contributed by atoms with van der Waals surface area (Å²) in [5.74, 6) is -0.920. The first-order valence-electron chi connectivity index (χ1n) is 6.81. The molecule has 0 aliphatic heterocycles. The van der Waals surface area contributed by atoms with Crippen LogP contribution < -0.4 is 5.32 Å². The van der Waals surface area contributed by atoms with Gasteiger partial charge in [-0.1, -0.05) is 6.07 Å². The minimum Gasteiger partial charge on any atom is -0.481 e. The topological polar surface area (TPSA) is 93.4 Å². The summed E-state index contributed by atoms with van der Waals surface area (Å²) in [7, 11) is 0. The number of rotatable bonds is 5. The van der Waals surface area contributed by atoms with Crippen LogP contribution in [-0.2, 0) is 4.79 Å². The van der Waals surface area contributed by atoms with E-state index in [0.29, 0.717) is 11.3 Å². The molecular formula is C15H17N3O3. The van der Waals surface area contributed by atoms with Crippen LogP contribution in [0.2, 0.25) is 0 Å². The third-order valence-electron chi connectivity index (χ3n) is 3.42. The maximum atomic E-state index is 12.3. The normalized spacial score (nSPS) is 13.3. The molecule has 1 saturated carbocycles. The van der Waals surface area contributed by atoms with Crippen molar-refractivity contribution in [2.45, 2.75) is 32.2 Å². The molecule has 0 aromatic heterocycles. The summed E-state index contributed by atoms with van der Waals surface area (Å²) in [4.78, 5) is 24.5. The fourth-order valence-corrected chi connectivity index (χ4v) is 2.07. The summed E-state index contributed by atoms with van der Waals surface area (Å²) in [5, 5.41) is 20.4. The fourth-order valence-electron chi connectivity index (χ4n) is 2.07. The molecule has 6 heteroatoms. The van der Waals surface area contributed by atoms with Gasteiger partial charge in [0.15, 0.2) is 0 Å². The number of aliphatic carboxylic acids is 1. The molecular weight excluding hydrogens is 270 g/mol. The number of carboxylic acids is 1. The van der Waals surface area contributed by atoms with Crippen LogP contribution in [0.25, 0.3) is 0 Å². The highest BCUT2D eigenvalue weighted by molar-refractivity contribution is 5.91. The van der Waals surface area contributed by atoms with Crippen molar-refractivity contribution in [1.29, 1.82) is 5.26 Å². The summed E-state index contributed by atoms with van der Waals surface area (Å²) < 4.78 is 0. The number of nitriles is 1. The number of benzene rings is 1. The Morgan fingerprint density at radius 2 is 2.19 bits per heavy atom. The van der Waals surface area contributed by atoms with Gasteiger partial charge in [0, 0.05) is 18.3 Å². The Morgan fingerprint density at radius 1 is 1.48 bits per heavy atom. The summed E-state index contributed by atoms with van der Waals surface area (Å²) in [6.07, 6.45) is 1.75. The van der Waals surface area contributed by atoms with E-state index in [-0.39, 0.29) is 25.0 Å². The lowest BCUT2D eigenvalue weighted by molar-refractivity contribution is -0.137. The Hall–Kier alpha value is -2.55. The van der Waals surface area contributed by atoms with Gasteiger partial charge in [-0.3, -0.25) is 4.79 Å². The van der Waals surface area contributed by atoms with Gasteiger partial charge in [-0.25, -0.2) is 4.79 Å².